The molecule has 162 valence electrons. The number of carbonyl (C=O) groups is 1. The van der Waals surface area contributed by atoms with Crippen molar-refractivity contribution in [2.75, 3.05) is 27.2 Å². The van der Waals surface area contributed by atoms with Gasteiger partial charge in [0.2, 0.25) is 0 Å². The van der Waals surface area contributed by atoms with E-state index >= 15 is 0 Å². The number of aryl methyl sites for hydroxylation is 1. The van der Waals surface area contributed by atoms with Crippen LogP contribution in [0.1, 0.15) is 34.3 Å². The molecule has 0 aromatic heterocycles. The van der Waals surface area contributed by atoms with Crippen LogP contribution >= 0.6 is 0 Å². The molecule has 7 nitrogen and oxygen atoms in total. The normalized spacial score (nSPS) is 15.9. The molecule has 0 unspecified atom stereocenters. The van der Waals surface area contributed by atoms with Crippen LogP contribution in [0, 0.1) is 6.92 Å². The minimum Gasteiger partial charge on any atom is -0.490 e. The number of hydrogen-bond acceptors (Lipinski definition) is 4. The summed E-state index contributed by atoms with van der Waals surface area (Å²) in [6.45, 7) is 3.38. The van der Waals surface area contributed by atoms with Gasteiger partial charge in [-0.25, -0.2) is 0 Å². The lowest BCUT2D eigenvalue weighted by Crippen LogP contribution is -2.46. The second kappa shape index (κ2) is 9.59. The van der Waals surface area contributed by atoms with Crippen molar-refractivity contribution in [3.8, 4) is 5.75 Å². The van der Waals surface area contributed by atoms with E-state index in [4.69, 9.17) is 4.74 Å². The third-order valence-corrected chi connectivity index (χ3v) is 7.12. The molecule has 0 radical (unpaired) electrons. The molecule has 8 heteroatoms. The molecule has 0 saturated carbocycles. The molecule has 1 aliphatic rings. The molecule has 0 bridgehead atoms. The van der Waals surface area contributed by atoms with E-state index in [0.29, 0.717) is 43.8 Å². The van der Waals surface area contributed by atoms with E-state index in [1.807, 2.05) is 31.2 Å². The molecule has 1 heterocycles. The van der Waals surface area contributed by atoms with Gasteiger partial charge < -0.3 is 10.1 Å². The van der Waals surface area contributed by atoms with Crippen molar-refractivity contribution in [2.45, 2.75) is 32.4 Å². The molecule has 0 atom stereocenters. The maximum Gasteiger partial charge on any atom is 0.281 e. The molecule has 1 saturated heterocycles. The van der Waals surface area contributed by atoms with Crippen LogP contribution in [0.4, 0.5) is 0 Å². The highest BCUT2D eigenvalue weighted by atomic mass is 32.2. The summed E-state index contributed by atoms with van der Waals surface area (Å²) in [5.74, 6) is 0.545. The van der Waals surface area contributed by atoms with Crippen LogP contribution in [0.25, 0.3) is 0 Å². The zero-order chi connectivity index (χ0) is 21.7. The number of nitrogens with one attached hydrogen (secondary N) is 1. The first-order chi connectivity index (χ1) is 14.3. The van der Waals surface area contributed by atoms with Crippen LogP contribution in [0.3, 0.4) is 0 Å². The predicted octanol–water partition coefficient (Wildman–Crippen LogP) is 2.57. The number of amides is 1. The van der Waals surface area contributed by atoms with Gasteiger partial charge in [-0.3, -0.25) is 4.79 Å². The standard InChI is InChI=1S/C22H29N3O4S/c1-17-4-6-18(7-5-17)16-23-22(26)19-8-10-20(11-9-19)29-21-12-14-25(15-13-21)30(27,28)24(2)3/h4-11,21H,12-16H2,1-3H3,(H,23,26). The van der Waals surface area contributed by atoms with Crippen molar-refractivity contribution in [1.82, 2.24) is 13.9 Å². The van der Waals surface area contributed by atoms with E-state index in [9.17, 15) is 13.2 Å². The summed E-state index contributed by atoms with van der Waals surface area (Å²) in [5.41, 5.74) is 2.81. The lowest BCUT2D eigenvalue weighted by Gasteiger charge is -2.32. The predicted molar refractivity (Wildman–Crippen MR) is 117 cm³/mol. The van der Waals surface area contributed by atoms with E-state index in [1.54, 1.807) is 24.3 Å². The lowest BCUT2D eigenvalue weighted by atomic mass is 10.1. The van der Waals surface area contributed by atoms with E-state index in [2.05, 4.69) is 5.32 Å². The van der Waals surface area contributed by atoms with E-state index in [0.717, 1.165) is 5.56 Å². The molecular formula is C22H29N3O4S. The molecule has 2 aromatic rings. The van der Waals surface area contributed by atoms with Gasteiger partial charge in [-0.15, -0.1) is 0 Å². The molecule has 0 spiro atoms. The second-order valence-corrected chi connectivity index (χ2v) is 9.84. The Balaban J connectivity index is 1.49. The zero-order valence-electron chi connectivity index (χ0n) is 17.7. The first kappa shape index (κ1) is 22.3. The second-order valence-electron chi connectivity index (χ2n) is 7.70. The number of carbonyl (C=O) groups excluding carboxylic acids is 1. The molecule has 0 aliphatic carbocycles. The Kier molecular flexibility index (Phi) is 7.12. The number of benzene rings is 2. The summed E-state index contributed by atoms with van der Waals surface area (Å²) in [6.07, 6.45) is 1.22. The molecule has 1 amide bonds. The SMILES string of the molecule is Cc1ccc(CNC(=O)c2ccc(OC3CCN(S(=O)(=O)N(C)C)CC3)cc2)cc1. The van der Waals surface area contributed by atoms with Gasteiger partial charge in [-0.1, -0.05) is 29.8 Å². The maximum absolute atomic E-state index is 12.4. The number of piperidine rings is 1. The van der Waals surface area contributed by atoms with Crippen molar-refractivity contribution >= 4 is 16.1 Å². The summed E-state index contributed by atoms with van der Waals surface area (Å²) >= 11 is 0. The molecule has 1 N–H and O–H groups in total. The van der Waals surface area contributed by atoms with Gasteiger partial charge in [0, 0.05) is 39.3 Å². The summed E-state index contributed by atoms with van der Waals surface area (Å²) in [5, 5.41) is 2.92. The fraction of sp³-hybridized carbons (Fsp3) is 0.409. The molecular weight excluding hydrogens is 402 g/mol. The quantitative estimate of drug-likeness (QED) is 0.731. The van der Waals surface area contributed by atoms with Crippen LogP contribution in [0.5, 0.6) is 5.75 Å². The fourth-order valence-corrected chi connectivity index (χ4v) is 4.41. The van der Waals surface area contributed by atoms with Crippen LogP contribution in [-0.2, 0) is 16.8 Å². The topological polar surface area (TPSA) is 79.0 Å². The Morgan fingerprint density at radius 1 is 1.07 bits per heavy atom. The Hall–Kier alpha value is -2.42. The number of rotatable bonds is 7. The summed E-state index contributed by atoms with van der Waals surface area (Å²) in [7, 11) is -0.296. The van der Waals surface area contributed by atoms with Crippen LogP contribution in [0.15, 0.2) is 48.5 Å². The summed E-state index contributed by atoms with van der Waals surface area (Å²) in [4.78, 5) is 12.4. The minimum atomic E-state index is -3.37. The summed E-state index contributed by atoms with van der Waals surface area (Å²) in [6, 6.07) is 15.1. The average molecular weight is 432 g/mol. The van der Waals surface area contributed by atoms with Crippen LogP contribution in [-0.4, -0.2) is 56.2 Å². The van der Waals surface area contributed by atoms with Gasteiger partial charge in [0.15, 0.2) is 0 Å². The zero-order valence-corrected chi connectivity index (χ0v) is 18.5. The molecule has 1 fully saturated rings. The highest BCUT2D eigenvalue weighted by molar-refractivity contribution is 7.86. The van der Waals surface area contributed by atoms with Crippen molar-refractivity contribution in [1.29, 1.82) is 0 Å². The minimum absolute atomic E-state index is 0.0418. The molecule has 1 aliphatic heterocycles. The Morgan fingerprint density at radius 3 is 2.23 bits per heavy atom. The van der Waals surface area contributed by atoms with Gasteiger partial charge in [0.25, 0.3) is 16.1 Å². The van der Waals surface area contributed by atoms with E-state index in [-0.39, 0.29) is 12.0 Å². The van der Waals surface area contributed by atoms with Gasteiger partial charge in [0.05, 0.1) is 0 Å². The van der Waals surface area contributed by atoms with Gasteiger partial charge in [0.1, 0.15) is 11.9 Å². The largest absolute Gasteiger partial charge is 0.490 e. The first-order valence-electron chi connectivity index (χ1n) is 10.0. The number of ether oxygens (including phenoxy) is 1. The van der Waals surface area contributed by atoms with E-state index < -0.39 is 10.2 Å². The molecule has 30 heavy (non-hydrogen) atoms. The average Bonchev–Trinajstić information content (AvgIpc) is 2.74. The summed E-state index contributed by atoms with van der Waals surface area (Å²) < 4.78 is 33.1. The van der Waals surface area contributed by atoms with Crippen molar-refractivity contribution < 1.29 is 17.9 Å². The molecule has 3 rings (SSSR count). The van der Waals surface area contributed by atoms with Gasteiger partial charge in [-0.05, 0) is 49.6 Å². The van der Waals surface area contributed by atoms with Crippen LogP contribution in [0.2, 0.25) is 0 Å². The highest BCUT2D eigenvalue weighted by Crippen LogP contribution is 2.21. The monoisotopic (exact) mass is 431 g/mol. The Labute approximate surface area is 178 Å². The third-order valence-electron chi connectivity index (χ3n) is 5.18. The number of hydrogen-bond donors (Lipinski definition) is 1. The number of nitrogens with zero attached hydrogens (tertiary/aromatic N) is 2. The Morgan fingerprint density at radius 2 is 1.67 bits per heavy atom. The van der Waals surface area contributed by atoms with Crippen LogP contribution < -0.4 is 10.1 Å². The highest BCUT2D eigenvalue weighted by Gasteiger charge is 2.30. The third kappa shape index (κ3) is 5.59. The van der Waals surface area contributed by atoms with Gasteiger partial charge >= 0.3 is 0 Å². The van der Waals surface area contributed by atoms with Gasteiger partial charge in [-0.2, -0.15) is 17.0 Å². The van der Waals surface area contributed by atoms with Crippen molar-refractivity contribution in [2.24, 2.45) is 0 Å². The van der Waals surface area contributed by atoms with E-state index in [1.165, 1.54) is 28.3 Å². The lowest BCUT2D eigenvalue weighted by molar-refractivity contribution is 0.0951. The molecule has 2 aromatic carbocycles. The Bertz CT molecular complexity index is 949. The maximum atomic E-state index is 12.4. The van der Waals surface area contributed by atoms with Crippen molar-refractivity contribution in [3.05, 3.63) is 65.2 Å². The fourth-order valence-electron chi connectivity index (χ4n) is 3.28. The van der Waals surface area contributed by atoms with Crippen molar-refractivity contribution in [3.63, 3.8) is 0 Å². The smallest absolute Gasteiger partial charge is 0.281 e. The first-order valence-corrected chi connectivity index (χ1v) is 11.4.